The van der Waals surface area contributed by atoms with Gasteiger partial charge in [-0.05, 0) is 78.7 Å². The van der Waals surface area contributed by atoms with E-state index in [4.69, 9.17) is 9.47 Å². The van der Waals surface area contributed by atoms with E-state index in [1.807, 2.05) is 18.2 Å². The normalized spacial score (nSPS) is 27.0. The van der Waals surface area contributed by atoms with Crippen molar-refractivity contribution in [3.8, 4) is 5.75 Å². The Labute approximate surface area is 186 Å². The lowest BCUT2D eigenvalue weighted by molar-refractivity contribution is -0.148. The molecule has 1 saturated carbocycles. The van der Waals surface area contributed by atoms with Gasteiger partial charge in [0.15, 0.2) is 0 Å². The number of esters is 1. The maximum Gasteiger partial charge on any atom is 0.302 e. The summed E-state index contributed by atoms with van der Waals surface area (Å²) in [7, 11) is 0. The van der Waals surface area contributed by atoms with E-state index in [1.54, 1.807) is 0 Å². The molecule has 31 heavy (non-hydrogen) atoms. The molecule has 4 rings (SSSR count). The summed E-state index contributed by atoms with van der Waals surface area (Å²) in [4.78, 5) is 11.5. The first-order valence-corrected chi connectivity index (χ1v) is 11.5. The molecule has 0 aromatic heterocycles. The molecule has 2 aliphatic carbocycles. The van der Waals surface area contributed by atoms with Gasteiger partial charge in [0.05, 0.1) is 6.61 Å². The smallest absolute Gasteiger partial charge is 0.302 e. The summed E-state index contributed by atoms with van der Waals surface area (Å²) in [5.74, 6) is 2.44. The second-order valence-electron chi connectivity index (χ2n) is 9.55. The van der Waals surface area contributed by atoms with Crippen LogP contribution < -0.4 is 4.74 Å². The van der Waals surface area contributed by atoms with Gasteiger partial charge < -0.3 is 9.47 Å². The molecule has 2 aromatic rings. The lowest BCUT2D eigenvalue weighted by atomic mass is 9.54. The number of fused-ring (bicyclic) bond motifs is 3. The highest BCUT2D eigenvalue weighted by Crippen LogP contribution is 2.56. The Kier molecular flexibility index (Phi) is 6.50. The molecule has 0 heterocycles. The molecule has 0 bridgehead atoms. The summed E-state index contributed by atoms with van der Waals surface area (Å²) in [5, 5.41) is 0. The first-order chi connectivity index (χ1) is 15.0. The fourth-order valence-corrected chi connectivity index (χ4v) is 5.87. The molecule has 164 valence electrons. The van der Waals surface area contributed by atoms with Crippen molar-refractivity contribution in [3.05, 3.63) is 77.9 Å². The predicted molar refractivity (Wildman–Crippen MR) is 124 cm³/mol. The van der Waals surface area contributed by atoms with E-state index in [0.29, 0.717) is 31.0 Å². The zero-order valence-electron chi connectivity index (χ0n) is 18.8. The Morgan fingerprint density at radius 2 is 2.00 bits per heavy atom. The molecular formula is C28H34O3. The topological polar surface area (TPSA) is 35.5 Å². The number of hydrogen-bond donors (Lipinski definition) is 0. The van der Waals surface area contributed by atoms with E-state index in [2.05, 4.69) is 49.9 Å². The summed E-state index contributed by atoms with van der Waals surface area (Å²) in [6, 6.07) is 17.0. The van der Waals surface area contributed by atoms with E-state index in [9.17, 15) is 4.79 Å². The minimum atomic E-state index is -0.183. The van der Waals surface area contributed by atoms with Gasteiger partial charge in [0, 0.05) is 12.3 Å². The third kappa shape index (κ3) is 4.71. The SMILES string of the molecule is C=CC[C@H]1[C@@H]2CCc3cc(OCc4ccccc4)ccc3[C@H]2CC[C@]1(C)COC(C)=O. The molecule has 0 spiro atoms. The summed E-state index contributed by atoms with van der Waals surface area (Å²) in [6.45, 7) is 8.95. The Balaban J connectivity index is 1.51. The number of ether oxygens (including phenoxy) is 2. The number of hydrogen-bond acceptors (Lipinski definition) is 3. The largest absolute Gasteiger partial charge is 0.489 e. The van der Waals surface area contributed by atoms with Crippen LogP contribution in [0, 0.1) is 17.3 Å². The van der Waals surface area contributed by atoms with Crippen LogP contribution in [0.5, 0.6) is 5.75 Å². The highest BCUT2D eigenvalue weighted by Gasteiger charge is 2.48. The third-order valence-electron chi connectivity index (χ3n) is 7.49. The van der Waals surface area contributed by atoms with Crippen molar-refractivity contribution in [2.45, 2.75) is 58.5 Å². The number of aryl methyl sites for hydroxylation is 1. The van der Waals surface area contributed by atoms with Gasteiger partial charge in [0.2, 0.25) is 0 Å². The minimum absolute atomic E-state index is 0.0251. The molecular weight excluding hydrogens is 384 g/mol. The average Bonchev–Trinajstić information content (AvgIpc) is 2.78. The van der Waals surface area contributed by atoms with Crippen LogP contribution in [0.1, 0.15) is 62.1 Å². The summed E-state index contributed by atoms with van der Waals surface area (Å²) < 4.78 is 11.6. The molecule has 3 nitrogen and oxygen atoms in total. The summed E-state index contributed by atoms with van der Waals surface area (Å²) in [6.07, 6.45) is 7.50. The molecule has 1 fully saturated rings. The number of carbonyl (C=O) groups excluding carboxylic acids is 1. The highest BCUT2D eigenvalue weighted by molar-refractivity contribution is 5.65. The number of carbonyl (C=O) groups is 1. The van der Waals surface area contributed by atoms with Crippen molar-refractivity contribution in [2.24, 2.45) is 17.3 Å². The van der Waals surface area contributed by atoms with E-state index < -0.39 is 0 Å². The maximum atomic E-state index is 11.5. The standard InChI is InChI=1S/C28H34O3/c1-4-8-27-26-13-11-22-17-23(30-18-21-9-6-5-7-10-21)12-14-24(22)25(26)15-16-28(27,3)19-31-20(2)29/h4-7,9-10,12,14,17,25-27H,1,8,11,13,15-16,18-19H2,2-3H3/t25-,26-,27+,28-/m1/s1. The maximum absolute atomic E-state index is 11.5. The van der Waals surface area contributed by atoms with Crippen molar-refractivity contribution >= 4 is 5.97 Å². The van der Waals surface area contributed by atoms with Crippen molar-refractivity contribution in [2.75, 3.05) is 6.61 Å². The van der Waals surface area contributed by atoms with Gasteiger partial charge in [-0.3, -0.25) is 4.79 Å². The zero-order valence-corrected chi connectivity index (χ0v) is 18.8. The van der Waals surface area contributed by atoms with Crippen LogP contribution in [-0.2, 0) is 22.6 Å². The van der Waals surface area contributed by atoms with Gasteiger partial charge in [-0.15, -0.1) is 6.58 Å². The fraction of sp³-hybridized carbons (Fsp3) is 0.464. The van der Waals surface area contributed by atoms with Crippen LogP contribution in [0.15, 0.2) is 61.2 Å². The van der Waals surface area contributed by atoms with Crippen LogP contribution in [0.3, 0.4) is 0 Å². The monoisotopic (exact) mass is 418 g/mol. The molecule has 2 aromatic carbocycles. The van der Waals surface area contributed by atoms with Crippen LogP contribution in [0.25, 0.3) is 0 Å². The molecule has 0 amide bonds. The Morgan fingerprint density at radius 3 is 2.74 bits per heavy atom. The Hall–Kier alpha value is -2.55. The average molecular weight is 419 g/mol. The lowest BCUT2D eigenvalue weighted by Gasteiger charge is -2.51. The minimum Gasteiger partial charge on any atom is -0.489 e. The highest BCUT2D eigenvalue weighted by atomic mass is 16.5. The summed E-state index contributed by atoms with van der Waals surface area (Å²) in [5.41, 5.74) is 4.14. The van der Waals surface area contributed by atoms with Gasteiger partial charge in [-0.25, -0.2) is 0 Å². The molecule has 0 unspecified atom stereocenters. The molecule has 4 atom stereocenters. The van der Waals surface area contributed by atoms with Crippen molar-refractivity contribution < 1.29 is 14.3 Å². The first-order valence-electron chi connectivity index (χ1n) is 11.5. The van der Waals surface area contributed by atoms with E-state index in [0.717, 1.165) is 31.4 Å². The summed E-state index contributed by atoms with van der Waals surface area (Å²) >= 11 is 0. The third-order valence-corrected chi connectivity index (χ3v) is 7.49. The molecule has 3 heteroatoms. The van der Waals surface area contributed by atoms with Gasteiger partial charge in [0.1, 0.15) is 12.4 Å². The van der Waals surface area contributed by atoms with Gasteiger partial charge in [-0.2, -0.15) is 0 Å². The van der Waals surface area contributed by atoms with Crippen molar-refractivity contribution in [1.82, 2.24) is 0 Å². The second kappa shape index (κ2) is 9.30. The fourth-order valence-electron chi connectivity index (χ4n) is 5.87. The van der Waals surface area contributed by atoms with Crippen LogP contribution >= 0.6 is 0 Å². The van der Waals surface area contributed by atoms with Crippen LogP contribution in [-0.4, -0.2) is 12.6 Å². The molecule has 0 radical (unpaired) electrons. The van der Waals surface area contributed by atoms with Crippen molar-refractivity contribution in [1.29, 1.82) is 0 Å². The van der Waals surface area contributed by atoms with Gasteiger partial charge >= 0.3 is 5.97 Å². The van der Waals surface area contributed by atoms with Crippen LogP contribution in [0.4, 0.5) is 0 Å². The van der Waals surface area contributed by atoms with E-state index in [1.165, 1.54) is 30.0 Å². The lowest BCUT2D eigenvalue weighted by Crippen LogP contribution is -2.45. The second-order valence-corrected chi connectivity index (χ2v) is 9.55. The Bertz CT molecular complexity index is 919. The number of allylic oxidation sites excluding steroid dienone is 1. The molecule has 2 aliphatic rings. The van der Waals surface area contributed by atoms with E-state index in [-0.39, 0.29) is 11.4 Å². The molecule has 0 N–H and O–H groups in total. The molecule has 0 saturated heterocycles. The van der Waals surface area contributed by atoms with Crippen LogP contribution in [0.2, 0.25) is 0 Å². The number of rotatable bonds is 7. The molecule has 0 aliphatic heterocycles. The van der Waals surface area contributed by atoms with Gasteiger partial charge in [-0.1, -0.05) is 49.4 Å². The van der Waals surface area contributed by atoms with Crippen molar-refractivity contribution in [3.63, 3.8) is 0 Å². The first kappa shape index (κ1) is 21.7. The Morgan fingerprint density at radius 1 is 1.19 bits per heavy atom. The predicted octanol–water partition coefficient (Wildman–Crippen LogP) is 6.47. The quantitative estimate of drug-likeness (QED) is 0.382. The van der Waals surface area contributed by atoms with E-state index >= 15 is 0 Å². The zero-order chi connectivity index (χ0) is 21.8. The van der Waals surface area contributed by atoms with Gasteiger partial charge in [0.25, 0.3) is 0 Å². The number of benzene rings is 2.